The van der Waals surface area contributed by atoms with Gasteiger partial charge in [-0.2, -0.15) is 4.31 Å². The molecule has 7 heteroatoms. The summed E-state index contributed by atoms with van der Waals surface area (Å²) in [7, 11) is -1.90. The van der Waals surface area contributed by atoms with E-state index in [1.54, 1.807) is 35.7 Å². The van der Waals surface area contributed by atoms with Crippen molar-refractivity contribution in [2.24, 2.45) is 5.92 Å². The molecular formula is C22H25N3O3S. The van der Waals surface area contributed by atoms with Gasteiger partial charge in [-0.05, 0) is 43.0 Å². The maximum absolute atomic E-state index is 12.9. The molecule has 0 N–H and O–H groups in total. The first-order chi connectivity index (χ1) is 14.1. The minimum atomic E-state index is -3.46. The van der Waals surface area contributed by atoms with Crippen LogP contribution in [0.25, 0.3) is 11.4 Å². The number of hydrogen-bond donors (Lipinski definition) is 0. The second-order valence-electron chi connectivity index (χ2n) is 7.29. The summed E-state index contributed by atoms with van der Waals surface area (Å²) in [5.74, 6) is 2.03. The highest BCUT2D eigenvalue weighted by molar-refractivity contribution is 7.89. The van der Waals surface area contributed by atoms with Gasteiger partial charge < -0.3 is 9.30 Å². The van der Waals surface area contributed by atoms with Crippen molar-refractivity contribution in [2.45, 2.75) is 24.3 Å². The molecule has 1 aliphatic heterocycles. The fourth-order valence-corrected chi connectivity index (χ4v) is 5.28. The number of methoxy groups -OCH3 is 1. The van der Waals surface area contributed by atoms with Gasteiger partial charge in [0.25, 0.3) is 0 Å². The van der Waals surface area contributed by atoms with Crippen LogP contribution in [-0.2, 0) is 16.6 Å². The van der Waals surface area contributed by atoms with Crippen molar-refractivity contribution in [3.8, 4) is 17.1 Å². The van der Waals surface area contributed by atoms with Crippen LogP contribution in [0.2, 0.25) is 0 Å². The lowest BCUT2D eigenvalue weighted by Gasteiger charge is -2.31. The maximum Gasteiger partial charge on any atom is 0.243 e. The van der Waals surface area contributed by atoms with E-state index >= 15 is 0 Å². The Balaban J connectivity index is 1.41. The number of imidazole rings is 1. The molecule has 1 saturated heterocycles. The van der Waals surface area contributed by atoms with Crippen LogP contribution in [0.15, 0.2) is 71.9 Å². The summed E-state index contributed by atoms with van der Waals surface area (Å²) < 4.78 is 34.7. The third-order valence-corrected chi connectivity index (χ3v) is 7.39. The average Bonchev–Trinajstić information content (AvgIpc) is 3.23. The molecule has 2 heterocycles. The molecular weight excluding hydrogens is 386 g/mol. The van der Waals surface area contributed by atoms with E-state index in [4.69, 9.17) is 4.74 Å². The van der Waals surface area contributed by atoms with Crippen LogP contribution in [0.1, 0.15) is 12.8 Å². The van der Waals surface area contributed by atoms with E-state index in [9.17, 15) is 8.42 Å². The van der Waals surface area contributed by atoms with Gasteiger partial charge >= 0.3 is 0 Å². The molecule has 0 radical (unpaired) electrons. The van der Waals surface area contributed by atoms with Crippen molar-refractivity contribution in [2.75, 3.05) is 20.2 Å². The molecule has 0 saturated carbocycles. The zero-order chi connectivity index (χ0) is 20.3. The van der Waals surface area contributed by atoms with E-state index in [2.05, 4.69) is 21.7 Å². The highest BCUT2D eigenvalue weighted by Crippen LogP contribution is 2.27. The molecule has 2 aromatic carbocycles. The predicted molar refractivity (Wildman–Crippen MR) is 112 cm³/mol. The molecule has 0 aliphatic carbocycles. The molecule has 0 unspecified atom stereocenters. The smallest absolute Gasteiger partial charge is 0.243 e. The normalized spacial score (nSPS) is 16.0. The number of nitrogens with zero attached hydrogens (tertiary/aromatic N) is 3. The van der Waals surface area contributed by atoms with E-state index < -0.39 is 10.0 Å². The third-order valence-electron chi connectivity index (χ3n) is 5.47. The Hall–Kier alpha value is -2.64. The monoisotopic (exact) mass is 411 g/mol. The van der Waals surface area contributed by atoms with Gasteiger partial charge in [0, 0.05) is 37.6 Å². The van der Waals surface area contributed by atoms with Gasteiger partial charge in [0.2, 0.25) is 10.0 Å². The molecule has 1 aromatic heterocycles. The van der Waals surface area contributed by atoms with Gasteiger partial charge in [0.05, 0.1) is 12.0 Å². The lowest BCUT2D eigenvalue weighted by atomic mass is 9.98. The van der Waals surface area contributed by atoms with Gasteiger partial charge in [0.15, 0.2) is 0 Å². The SMILES string of the molecule is COc1ccc(S(=O)(=O)N2CCC(Cn3ccnc3-c3ccccc3)CC2)cc1. The molecule has 6 nitrogen and oxygen atoms in total. The van der Waals surface area contributed by atoms with E-state index in [1.165, 1.54) is 0 Å². The van der Waals surface area contributed by atoms with Gasteiger partial charge in [-0.15, -0.1) is 0 Å². The lowest BCUT2D eigenvalue weighted by molar-refractivity contribution is 0.253. The van der Waals surface area contributed by atoms with Gasteiger partial charge in [-0.3, -0.25) is 0 Å². The van der Waals surface area contributed by atoms with Gasteiger partial charge in [0.1, 0.15) is 11.6 Å². The Bertz CT molecular complexity index is 1040. The minimum Gasteiger partial charge on any atom is -0.497 e. The summed E-state index contributed by atoms with van der Waals surface area (Å²) >= 11 is 0. The first kappa shape index (κ1) is 19.7. The fourth-order valence-electron chi connectivity index (χ4n) is 3.81. The molecule has 29 heavy (non-hydrogen) atoms. The van der Waals surface area contributed by atoms with E-state index in [1.807, 2.05) is 30.6 Å². The Morgan fingerprint density at radius 3 is 2.38 bits per heavy atom. The van der Waals surface area contributed by atoms with E-state index in [-0.39, 0.29) is 0 Å². The zero-order valence-electron chi connectivity index (χ0n) is 16.4. The average molecular weight is 412 g/mol. The topological polar surface area (TPSA) is 64.4 Å². The summed E-state index contributed by atoms with van der Waals surface area (Å²) in [6.07, 6.45) is 5.50. The quantitative estimate of drug-likeness (QED) is 0.621. The number of piperidine rings is 1. The van der Waals surface area contributed by atoms with Crippen LogP contribution in [0.4, 0.5) is 0 Å². The predicted octanol–water partition coefficient (Wildman–Crippen LogP) is 3.66. The van der Waals surface area contributed by atoms with E-state index in [0.29, 0.717) is 29.7 Å². The Kier molecular flexibility index (Phi) is 5.69. The molecule has 1 fully saturated rings. The highest BCUT2D eigenvalue weighted by atomic mass is 32.2. The van der Waals surface area contributed by atoms with Crippen molar-refractivity contribution in [1.29, 1.82) is 0 Å². The van der Waals surface area contributed by atoms with Crippen LogP contribution in [0.3, 0.4) is 0 Å². The molecule has 1 aliphatic rings. The number of sulfonamides is 1. The molecule has 0 atom stereocenters. The zero-order valence-corrected chi connectivity index (χ0v) is 17.3. The summed E-state index contributed by atoms with van der Waals surface area (Å²) in [5, 5.41) is 0. The van der Waals surface area contributed by atoms with Crippen molar-refractivity contribution < 1.29 is 13.2 Å². The second-order valence-corrected chi connectivity index (χ2v) is 9.23. The van der Waals surface area contributed by atoms with Crippen LogP contribution >= 0.6 is 0 Å². The van der Waals surface area contributed by atoms with E-state index in [0.717, 1.165) is 30.8 Å². The third kappa shape index (κ3) is 4.21. The number of ether oxygens (including phenoxy) is 1. The minimum absolute atomic E-state index is 0.317. The number of hydrogen-bond acceptors (Lipinski definition) is 4. The maximum atomic E-state index is 12.9. The van der Waals surface area contributed by atoms with Gasteiger partial charge in [-0.25, -0.2) is 13.4 Å². The number of rotatable bonds is 6. The summed E-state index contributed by atoms with van der Waals surface area (Å²) in [6.45, 7) is 1.92. The summed E-state index contributed by atoms with van der Waals surface area (Å²) in [5.41, 5.74) is 1.09. The molecule has 4 rings (SSSR count). The van der Waals surface area contributed by atoms with Crippen molar-refractivity contribution in [1.82, 2.24) is 13.9 Å². The Morgan fingerprint density at radius 2 is 1.72 bits per heavy atom. The summed E-state index contributed by atoms with van der Waals surface area (Å²) in [6, 6.07) is 16.7. The van der Waals surface area contributed by atoms with Crippen LogP contribution in [0, 0.1) is 5.92 Å². The van der Waals surface area contributed by atoms with Gasteiger partial charge in [-0.1, -0.05) is 30.3 Å². The van der Waals surface area contributed by atoms with Crippen LogP contribution in [-0.4, -0.2) is 42.5 Å². The molecule has 152 valence electrons. The first-order valence-electron chi connectivity index (χ1n) is 9.78. The highest BCUT2D eigenvalue weighted by Gasteiger charge is 2.29. The first-order valence-corrected chi connectivity index (χ1v) is 11.2. The molecule has 0 spiro atoms. The van der Waals surface area contributed by atoms with Crippen molar-refractivity contribution in [3.63, 3.8) is 0 Å². The largest absolute Gasteiger partial charge is 0.497 e. The lowest BCUT2D eigenvalue weighted by Crippen LogP contribution is -2.39. The Labute approximate surface area is 171 Å². The van der Waals surface area contributed by atoms with Crippen molar-refractivity contribution >= 4 is 10.0 Å². The summed E-state index contributed by atoms with van der Waals surface area (Å²) in [4.78, 5) is 4.82. The van der Waals surface area contributed by atoms with Crippen LogP contribution < -0.4 is 4.74 Å². The standard InChI is InChI=1S/C22H25N3O3S/c1-28-20-7-9-21(10-8-20)29(26,27)25-14-11-18(12-15-25)17-24-16-13-23-22(24)19-5-3-2-4-6-19/h2-10,13,16,18H,11-12,14-15,17H2,1H3. The molecule has 0 bridgehead atoms. The Morgan fingerprint density at radius 1 is 1.03 bits per heavy atom. The van der Waals surface area contributed by atoms with Crippen molar-refractivity contribution in [3.05, 3.63) is 67.0 Å². The molecule has 3 aromatic rings. The fraction of sp³-hybridized carbons (Fsp3) is 0.318. The number of benzene rings is 2. The molecule has 0 amide bonds. The number of aromatic nitrogens is 2. The second kappa shape index (κ2) is 8.39. The van der Waals surface area contributed by atoms with Crippen LogP contribution in [0.5, 0.6) is 5.75 Å².